The fourth-order valence-corrected chi connectivity index (χ4v) is 2.88. The van der Waals surface area contributed by atoms with Crippen LogP contribution in [0.4, 0.5) is 5.69 Å². The second kappa shape index (κ2) is 9.25. The van der Waals surface area contributed by atoms with E-state index in [2.05, 4.69) is 35.3 Å². The molecule has 140 valence electrons. The molecule has 0 saturated carbocycles. The number of carbonyl (C=O) groups excluding carboxylic acids is 1. The summed E-state index contributed by atoms with van der Waals surface area (Å²) in [5.41, 5.74) is 4.56. The van der Waals surface area contributed by atoms with Crippen LogP contribution in [0, 0.1) is 6.92 Å². The van der Waals surface area contributed by atoms with Gasteiger partial charge in [-0.25, -0.2) is 0 Å². The average Bonchev–Trinajstić information content (AvgIpc) is 2.60. The molecule has 1 atom stereocenters. The Kier molecular flexibility index (Phi) is 7.04. The Morgan fingerprint density at radius 1 is 1.15 bits per heavy atom. The number of anilines is 1. The molecule has 0 saturated heterocycles. The molecule has 5 nitrogen and oxygen atoms in total. The topological polar surface area (TPSA) is 46.0 Å². The summed E-state index contributed by atoms with van der Waals surface area (Å²) in [5, 5.41) is 3.00. The number of rotatable bonds is 8. The minimum Gasteiger partial charge on any atom is -0.496 e. The van der Waals surface area contributed by atoms with E-state index in [9.17, 15) is 4.79 Å². The van der Waals surface area contributed by atoms with Crippen LogP contribution in [0.1, 0.15) is 16.7 Å². The summed E-state index contributed by atoms with van der Waals surface area (Å²) in [5.74, 6) is 0.919. The number of benzene rings is 2. The van der Waals surface area contributed by atoms with Crippen molar-refractivity contribution in [2.24, 2.45) is 0 Å². The van der Waals surface area contributed by atoms with Crippen LogP contribution < -0.4 is 19.9 Å². The molecule has 2 aromatic carbocycles. The smallest absolute Gasteiger partial charge is 0.275 e. The van der Waals surface area contributed by atoms with Crippen molar-refractivity contribution in [3.63, 3.8) is 0 Å². The van der Waals surface area contributed by atoms with Gasteiger partial charge in [-0.1, -0.05) is 23.8 Å². The number of nitrogens with zero attached hydrogens (tertiary/aromatic N) is 1. The van der Waals surface area contributed by atoms with Gasteiger partial charge in [0.15, 0.2) is 6.54 Å². The van der Waals surface area contributed by atoms with Crippen LogP contribution in [-0.2, 0) is 17.9 Å². The predicted octanol–water partition coefficient (Wildman–Crippen LogP) is 1.40. The maximum atomic E-state index is 12.2. The van der Waals surface area contributed by atoms with Crippen molar-refractivity contribution >= 4 is 11.6 Å². The molecule has 1 amide bonds. The van der Waals surface area contributed by atoms with Crippen molar-refractivity contribution < 1.29 is 14.4 Å². The second-order valence-corrected chi connectivity index (χ2v) is 6.96. The zero-order chi connectivity index (χ0) is 19.1. The molecule has 2 N–H and O–H groups in total. The summed E-state index contributed by atoms with van der Waals surface area (Å²) in [6.07, 6.45) is 0. The molecular formula is C21H30N3O2+. The maximum Gasteiger partial charge on any atom is 0.275 e. The summed E-state index contributed by atoms with van der Waals surface area (Å²) in [6.45, 7) is 3.78. The van der Waals surface area contributed by atoms with E-state index in [4.69, 9.17) is 4.74 Å². The molecule has 0 fully saturated rings. The van der Waals surface area contributed by atoms with Gasteiger partial charge in [0.05, 0.1) is 14.2 Å². The van der Waals surface area contributed by atoms with Crippen LogP contribution in [0.25, 0.3) is 0 Å². The minimum atomic E-state index is 0.0470. The maximum absolute atomic E-state index is 12.2. The number of hydrogen-bond donors (Lipinski definition) is 2. The van der Waals surface area contributed by atoms with E-state index in [0.717, 1.165) is 34.0 Å². The molecule has 2 aromatic rings. The quantitative estimate of drug-likeness (QED) is 0.752. The number of amides is 1. The summed E-state index contributed by atoms with van der Waals surface area (Å²) >= 11 is 0. The van der Waals surface area contributed by atoms with Crippen LogP contribution in [0.2, 0.25) is 0 Å². The second-order valence-electron chi connectivity index (χ2n) is 6.96. The van der Waals surface area contributed by atoms with Gasteiger partial charge >= 0.3 is 0 Å². The number of aryl methyl sites for hydroxylation is 1. The van der Waals surface area contributed by atoms with Crippen LogP contribution in [0.3, 0.4) is 0 Å². The van der Waals surface area contributed by atoms with Crippen molar-refractivity contribution in [1.82, 2.24) is 5.32 Å². The van der Waals surface area contributed by atoms with E-state index >= 15 is 0 Å². The first kappa shape index (κ1) is 19.8. The molecule has 1 unspecified atom stereocenters. The van der Waals surface area contributed by atoms with Crippen molar-refractivity contribution in [1.29, 1.82) is 0 Å². The average molecular weight is 356 g/mol. The molecule has 0 aliphatic heterocycles. The number of nitrogens with one attached hydrogen (secondary N) is 2. The van der Waals surface area contributed by atoms with Crippen LogP contribution in [-0.4, -0.2) is 40.7 Å². The number of ether oxygens (including phenoxy) is 1. The lowest BCUT2D eigenvalue weighted by molar-refractivity contribution is -0.885. The van der Waals surface area contributed by atoms with E-state index in [-0.39, 0.29) is 5.91 Å². The first-order chi connectivity index (χ1) is 12.4. The van der Waals surface area contributed by atoms with Gasteiger partial charge in [-0.3, -0.25) is 4.79 Å². The number of hydrogen-bond acceptors (Lipinski definition) is 3. The van der Waals surface area contributed by atoms with E-state index in [1.54, 1.807) is 7.11 Å². The highest BCUT2D eigenvalue weighted by Crippen LogP contribution is 2.18. The third kappa shape index (κ3) is 5.77. The highest BCUT2D eigenvalue weighted by atomic mass is 16.5. The predicted molar refractivity (Wildman–Crippen MR) is 106 cm³/mol. The van der Waals surface area contributed by atoms with Gasteiger partial charge in [-0.15, -0.1) is 0 Å². The van der Waals surface area contributed by atoms with Crippen LogP contribution in [0.5, 0.6) is 5.75 Å². The van der Waals surface area contributed by atoms with Gasteiger partial charge in [-0.2, -0.15) is 0 Å². The van der Waals surface area contributed by atoms with Gasteiger partial charge in [-0.05, 0) is 36.8 Å². The van der Waals surface area contributed by atoms with Crippen LogP contribution in [0.15, 0.2) is 42.5 Å². The fourth-order valence-electron chi connectivity index (χ4n) is 2.88. The lowest BCUT2D eigenvalue weighted by Crippen LogP contribution is -3.08. The Morgan fingerprint density at radius 2 is 1.85 bits per heavy atom. The molecule has 0 radical (unpaired) electrons. The van der Waals surface area contributed by atoms with E-state index in [1.165, 1.54) is 5.56 Å². The molecule has 0 aliphatic carbocycles. The highest BCUT2D eigenvalue weighted by molar-refractivity contribution is 5.76. The van der Waals surface area contributed by atoms with Gasteiger partial charge in [0, 0.05) is 31.9 Å². The highest BCUT2D eigenvalue weighted by Gasteiger charge is 2.13. The standard InChI is InChI=1S/C21H29N3O2/c1-16-6-11-20(26-5)18(12-16)14-24(4)15-21(25)22-13-17-7-9-19(10-8-17)23(2)3/h6-12H,13-15H2,1-5H3,(H,22,25)/p+1. The zero-order valence-corrected chi connectivity index (χ0v) is 16.4. The van der Waals surface area contributed by atoms with Crippen molar-refractivity contribution in [3.05, 3.63) is 59.2 Å². The molecule has 0 heterocycles. The Bertz CT molecular complexity index is 727. The lowest BCUT2D eigenvalue weighted by atomic mass is 10.1. The molecule has 0 bridgehead atoms. The molecule has 0 aromatic heterocycles. The third-order valence-electron chi connectivity index (χ3n) is 4.33. The summed E-state index contributed by atoms with van der Waals surface area (Å²) in [6, 6.07) is 14.3. The van der Waals surface area contributed by atoms with E-state index < -0.39 is 0 Å². The molecule has 0 aliphatic rings. The first-order valence-corrected chi connectivity index (χ1v) is 8.87. The summed E-state index contributed by atoms with van der Waals surface area (Å²) < 4.78 is 5.42. The Balaban J connectivity index is 1.84. The SMILES string of the molecule is COc1ccc(C)cc1C[NH+](C)CC(=O)NCc1ccc(N(C)C)cc1. The molecular weight excluding hydrogens is 326 g/mol. The normalized spacial score (nSPS) is 11.7. The summed E-state index contributed by atoms with van der Waals surface area (Å²) in [4.78, 5) is 15.4. The van der Waals surface area contributed by atoms with Crippen LogP contribution >= 0.6 is 0 Å². The van der Waals surface area contributed by atoms with Gasteiger partial charge in [0.2, 0.25) is 0 Å². The molecule has 26 heavy (non-hydrogen) atoms. The largest absolute Gasteiger partial charge is 0.496 e. The fraction of sp³-hybridized carbons (Fsp3) is 0.381. The van der Waals surface area contributed by atoms with E-state index in [1.807, 2.05) is 45.4 Å². The minimum absolute atomic E-state index is 0.0470. The Labute approximate surface area is 156 Å². The van der Waals surface area contributed by atoms with Gasteiger partial charge in [0.1, 0.15) is 12.3 Å². The number of carbonyl (C=O) groups is 1. The number of quaternary nitrogens is 1. The van der Waals surface area contributed by atoms with Gasteiger partial charge in [0.25, 0.3) is 5.91 Å². The summed E-state index contributed by atoms with van der Waals surface area (Å²) in [7, 11) is 7.72. The Hall–Kier alpha value is -2.53. The lowest BCUT2D eigenvalue weighted by Gasteiger charge is -2.16. The van der Waals surface area contributed by atoms with Crippen molar-refractivity contribution in [2.75, 3.05) is 39.7 Å². The number of methoxy groups -OCH3 is 1. The Morgan fingerprint density at radius 3 is 2.46 bits per heavy atom. The zero-order valence-electron chi connectivity index (χ0n) is 16.4. The molecule has 0 spiro atoms. The van der Waals surface area contributed by atoms with Crippen molar-refractivity contribution in [3.8, 4) is 5.75 Å². The number of likely N-dealkylation sites (N-methyl/N-ethyl adjacent to an activating group) is 1. The third-order valence-corrected chi connectivity index (χ3v) is 4.33. The monoisotopic (exact) mass is 356 g/mol. The van der Waals surface area contributed by atoms with Crippen molar-refractivity contribution in [2.45, 2.75) is 20.0 Å². The van der Waals surface area contributed by atoms with E-state index in [0.29, 0.717) is 13.1 Å². The first-order valence-electron chi connectivity index (χ1n) is 8.87. The molecule has 5 heteroatoms. The molecule has 2 rings (SSSR count). The van der Waals surface area contributed by atoms with Gasteiger partial charge < -0.3 is 19.9 Å².